The molecule has 0 spiro atoms. The van der Waals surface area contributed by atoms with E-state index in [1.54, 1.807) is 24.3 Å². The number of anilines is 1. The van der Waals surface area contributed by atoms with E-state index >= 15 is 0 Å². The second kappa shape index (κ2) is 4.51. The van der Waals surface area contributed by atoms with E-state index in [4.69, 9.17) is 0 Å². The maximum absolute atomic E-state index is 12.5. The molecule has 0 aliphatic heterocycles. The normalized spacial score (nSPS) is 13.7. The fourth-order valence-corrected chi connectivity index (χ4v) is 0.995. The molecule has 0 aromatic heterocycles. The van der Waals surface area contributed by atoms with E-state index in [0.717, 1.165) is 5.56 Å². The molecule has 0 aliphatic rings. The molecule has 1 aromatic rings. The zero-order valence-corrected chi connectivity index (χ0v) is 8.11. The quantitative estimate of drug-likeness (QED) is 0.772. The maximum atomic E-state index is 12.5. The van der Waals surface area contributed by atoms with Crippen molar-refractivity contribution in [2.75, 3.05) is 11.9 Å². The van der Waals surface area contributed by atoms with Gasteiger partial charge in [-0.15, -0.1) is 0 Å². The predicted octanol–water partition coefficient (Wildman–Crippen LogP) is 3.31. The summed E-state index contributed by atoms with van der Waals surface area (Å²) in [7, 11) is 0. The molecule has 0 bridgehead atoms. The minimum Gasteiger partial charge on any atom is -0.382 e. The Bertz CT molecular complexity index is 304. The maximum Gasteiger partial charge on any atom is 0.421 e. The van der Waals surface area contributed by atoms with Gasteiger partial charge in [0.2, 0.25) is 6.17 Å². The molecular weight excluding hydrogens is 210 g/mol. The number of nitrogens with one attached hydrogen (secondary N) is 1. The SMILES string of the molecule is Cc1ccc(NCC(F)C(F)(F)F)cc1. The third-order valence-corrected chi connectivity index (χ3v) is 1.89. The van der Waals surface area contributed by atoms with E-state index in [9.17, 15) is 17.6 Å². The van der Waals surface area contributed by atoms with Crippen molar-refractivity contribution < 1.29 is 17.6 Å². The third-order valence-electron chi connectivity index (χ3n) is 1.89. The Kier molecular flexibility index (Phi) is 3.55. The van der Waals surface area contributed by atoms with Crippen molar-refractivity contribution in [3.05, 3.63) is 29.8 Å². The van der Waals surface area contributed by atoms with Crippen LogP contribution >= 0.6 is 0 Å². The minimum atomic E-state index is -4.79. The smallest absolute Gasteiger partial charge is 0.382 e. The molecule has 0 fully saturated rings. The van der Waals surface area contributed by atoms with E-state index in [-0.39, 0.29) is 0 Å². The molecule has 1 atom stereocenters. The number of benzene rings is 1. The molecule has 0 aliphatic carbocycles. The standard InChI is InChI=1S/C10H11F4N/c1-7-2-4-8(5-3-7)15-6-9(11)10(12,13)14/h2-5,9,15H,6H2,1H3. The van der Waals surface area contributed by atoms with Gasteiger partial charge in [-0.25, -0.2) is 4.39 Å². The lowest BCUT2D eigenvalue weighted by atomic mass is 10.2. The van der Waals surface area contributed by atoms with Gasteiger partial charge in [-0.2, -0.15) is 13.2 Å². The van der Waals surface area contributed by atoms with Gasteiger partial charge in [0.05, 0.1) is 6.54 Å². The van der Waals surface area contributed by atoms with Crippen LogP contribution in [0.25, 0.3) is 0 Å². The zero-order valence-electron chi connectivity index (χ0n) is 8.11. The second-order valence-electron chi connectivity index (χ2n) is 3.26. The first kappa shape index (κ1) is 11.8. The second-order valence-corrected chi connectivity index (χ2v) is 3.26. The van der Waals surface area contributed by atoms with Crippen molar-refractivity contribution >= 4 is 5.69 Å². The van der Waals surface area contributed by atoms with Crippen molar-refractivity contribution in [1.29, 1.82) is 0 Å². The molecule has 1 N–H and O–H groups in total. The summed E-state index contributed by atoms with van der Waals surface area (Å²) >= 11 is 0. The van der Waals surface area contributed by atoms with Crippen molar-refractivity contribution in [1.82, 2.24) is 0 Å². The summed E-state index contributed by atoms with van der Waals surface area (Å²) in [6.45, 7) is 1.10. The Morgan fingerprint density at radius 2 is 1.73 bits per heavy atom. The van der Waals surface area contributed by atoms with Crippen LogP contribution < -0.4 is 5.32 Å². The highest BCUT2D eigenvalue weighted by Gasteiger charge is 2.39. The van der Waals surface area contributed by atoms with Crippen molar-refractivity contribution in [3.63, 3.8) is 0 Å². The largest absolute Gasteiger partial charge is 0.421 e. The number of hydrogen-bond donors (Lipinski definition) is 1. The van der Waals surface area contributed by atoms with Gasteiger partial charge < -0.3 is 5.32 Å². The lowest BCUT2D eigenvalue weighted by Gasteiger charge is -2.13. The fraction of sp³-hybridized carbons (Fsp3) is 0.400. The third kappa shape index (κ3) is 3.77. The van der Waals surface area contributed by atoms with Crippen LogP contribution in [0.15, 0.2) is 24.3 Å². The van der Waals surface area contributed by atoms with E-state index in [0.29, 0.717) is 5.69 Å². The minimum absolute atomic E-state index is 0.479. The average Bonchev–Trinajstić information content (AvgIpc) is 2.15. The highest BCUT2D eigenvalue weighted by atomic mass is 19.4. The zero-order chi connectivity index (χ0) is 11.5. The lowest BCUT2D eigenvalue weighted by Crippen LogP contribution is -2.31. The first-order valence-corrected chi connectivity index (χ1v) is 4.41. The summed E-state index contributed by atoms with van der Waals surface area (Å²) in [6.07, 6.45) is -7.63. The number of halogens is 4. The summed E-state index contributed by atoms with van der Waals surface area (Å²) in [5.41, 5.74) is 1.47. The topological polar surface area (TPSA) is 12.0 Å². The van der Waals surface area contributed by atoms with Crippen LogP contribution in [0.1, 0.15) is 5.56 Å². The lowest BCUT2D eigenvalue weighted by molar-refractivity contribution is -0.176. The Labute approximate surface area is 85.1 Å². The van der Waals surface area contributed by atoms with E-state index < -0.39 is 18.9 Å². The van der Waals surface area contributed by atoms with Crippen LogP contribution in [0.3, 0.4) is 0 Å². The van der Waals surface area contributed by atoms with Gasteiger partial charge in [0, 0.05) is 5.69 Å². The van der Waals surface area contributed by atoms with Gasteiger partial charge in [0.25, 0.3) is 0 Å². The number of hydrogen-bond acceptors (Lipinski definition) is 1. The monoisotopic (exact) mass is 221 g/mol. The van der Waals surface area contributed by atoms with E-state index in [1.807, 2.05) is 6.92 Å². The molecule has 84 valence electrons. The van der Waals surface area contributed by atoms with Crippen LogP contribution in [0.2, 0.25) is 0 Å². The van der Waals surface area contributed by atoms with Gasteiger partial charge in [0.15, 0.2) is 0 Å². The summed E-state index contributed by atoms with van der Waals surface area (Å²) in [6, 6.07) is 6.70. The number of alkyl halides is 4. The highest BCUT2D eigenvalue weighted by Crippen LogP contribution is 2.23. The molecule has 1 rings (SSSR count). The van der Waals surface area contributed by atoms with Crippen molar-refractivity contribution in [2.45, 2.75) is 19.3 Å². The van der Waals surface area contributed by atoms with Gasteiger partial charge in [-0.1, -0.05) is 17.7 Å². The molecule has 0 heterocycles. The Hall–Kier alpha value is -1.26. The molecule has 5 heteroatoms. The molecule has 0 saturated heterocycles. The molecule has 0 amide bonds. The van der Waals surface area contributed by atoms with Crippen LogP contribution in [-0.4, -0.2) is 18.9 Å². The predicted molar refractivity (Wildman–Crippen MR) is 50.6 cm³/mol. The summed E-state index contributed by atoms with van der Waals surface area (Å²) in [5, 5.41) is 2.38. The number of rotatable bonds is 3. The van der Waals surface area contributed by atoms with Crippen molar-refractivity contribution in [3.8, 4) is 0 Å². The summed E-state index contributed by atoms with van der Waals surface area (Å²) in [5.74, 6) is 0. The number of aryl methyl sites for hydroxylation is 1. The fourth-order valence-electron chi connectivity index (χ4n) is 0.995. The molecule has 0 saturated carbocycles. The van der Waals surface area contributed by atoms with Gasteiger partial charge >= 0.3 is 6.18 Å². The Balaban J connectivity index is 2.47. The van der Waals surface area contributed by atoms with E-state index in [1.165, 1.54) is 0 Å². The van der Waals surface area contributed by atoms with Crippen LogP contribution in [-0.2, 0) is 0 Å². The van der Waals surface area contributed by atoms with Crippen LogP contribution in [0.4, 0.5) is 23.2 Å². The van der Waals surface area contributed by atoms with Gasteiger partial charge in [0.1, 0.15) is 0 Å². The molecule has 0 radical (unpaired) electrons. The Morgan fingerprint density at radius 3 is 2.20 bits per heavy atom. The molecule has 1 unspecified atom stereocenters. The average molecular weight is 221 g/mol. The van der Waals surface area contributed by atoms with Gasteiger partial charge in [-0.3, -0.25) is 0 Å². The molecule has 15 heavy (non-hydrogen) atoms. The van der Waals surface area contributed by atoms with Gasteiger partial charge in [-0.05, 0) is 19.1 Å². The molecular formula is C10H11F4N. The Morgan fingerprint density at radius 1 is 1.20 bits per heavy atom. The highest BCUT2D eigenvalue weighted by molar-refractivity contribution is 5.44. The first-order chi connectivity index (χ1) is 6.89. The van der Waals surface area contributed by atoms with Crippen LogP contribution in [0, 0.1) is 6.92 Å². The van der Waals surface area contributed by atoms with Crippen molar-refractivity contribution in [2.24, 2.45) is 0 Å². The van der Waals surface area contributed by atoms with E-state index in [2.05, 4.69) is 5.32 Å². The molecule has 1 nitrogen and oxygen atoms in total. The summed E-state index contributed by atoms with van der Waals surface area (Å²) < 4.78 is 47.9. The summed E-state index contributed by atoms with van der Waals surface area (Å²) in [4.78, 5) is 0. The van der Waals surface area contributed by atoms with Crippen LogP contribution in [0.5, 0.6) is 0 Å². The molecule has 1 aromatic carbocycles. The first-order valence-electron chi connectivity index (χ1n) is 4.41.